The number of hydrogen-bond acceptors (Lipinski definition) is 3. The summed E-state index contributed by atoms with van der Waals surface area (Å²) >= 11 is 3.35. The van der Waals surface area contributed by atoms with E-state index in [4.69, 9.17) is 0 Å². The lowest BCUT2D eigenvalue weighted by molar-refractivity contribution is 0.837. The average molecular weight is 264 g/mol. The van der Waals surface area contributed by atoms with E-state index in [0.717, 1.165) is 10.3 Å². The zero-order chi connectivity index (χ0) is 10.3. The van der Waals surface area contributed by atoms with Gasteiger partial charge in [-0.1, -0.05) is 0 Å². The first-order valence-electron chi connectivity index (χ1n) is 4.34. The van der Waals surface area contributed by atoms with E-state index in [1.54, 1.807) is 17.1 Å². The van der Waals surface area contributed by atoms with Crippen molar-refractivity contribution in [2.24, 2.45) is 0 Å². The highest BCUT2D eigenvalue weighted by Crippen LogP contribution is 2.15. The van der Waals surface area contributed by atoms with Crippen molar-refractivity contribution >= 4 is 21.6 Å². The Balaban J connectivity index is 2.38. The summed E-state index contributed by atoms with van der Waals surface area (Å²) in [5.74, 6) is 0.708. The summed E-state index contributed by atoms with van der Waals surface area (Å²) in [5, 5.41) is 4.14. The second kappa shape index (κ2) is 3.16. The monoisotopic (exact) mass is 263 g/mol. The predicted molar refractivity (Wildman–Crippen MR) is 57.8 cm³/mol. The summed E-state index contributed by atoms with van der Waals surface area (Å²) < 4.78 is 4.33. The molecule has 0 aliphatic carbocycles. The molecule has 0 unspecified atom stereocenters. The van der Waals surface area contributed by atoms with Crippen molar-refractivity contribution in [3.8, 4) is 5.82 Å². The molecule has 0 aliphatic rings. The van der Waals surface area contributed by atoms with Crippen molar-refractivity contribution in [1.82, 2.24) is 24.1 Å². The summed E-state index contributed by atoms with van der Waals surface area (Å²) in [6.07, 6.45) is 9.01. The number of nitrogens with zero attached hydrogens (tertiary/aromatic N) is 5. The van der Waals surface area contributed by atoms with Gasteiger partial charge in [0.2, 0.25) is 0 Å². The van der Waals surface area contributed by atoms with Crippen LogP contribution in [-0.2, 0) is 0 Å². The molecule has 0 aliphatic heterocycles. The average Bonchev–Trinajstić information content (AvgIpc) is 2.86. The van der Waals surface area contributed by atoms with Gasteiger partial charge >= 0.3 is 0 Å². The molecular weight excluding hydrogens is 258 g/mol. The minimum atomic E-state index is 0.708. The summed E-state index contributed by atoms with van der Waals surface area (Å²) in [6.45, 7) is 0. The third kappa shape index (κ3) is 1.33. The van der Waals surface area contributed by atoms with E-state index in [2.05, 4.69) is 31.0 Å². The molecule has 0 N–H and O–H groups in total. The van der Waals surface area contributed by atoms with Crippen molar-refractivity contribution in [3.63, 3.8) is 0 Å². The van der Waals surface area contributed by atoms with Gasteiger partial charge in [0.1, 0.15) is 4.60 Å². The largest absolute Gasteiger partial charge is 0.301 e. The van der Waals surface area contributed by atoms with Crippen LogP contribution >= 0.6 is 15.9 Å². The molecule has 5 nitrogen and oxygen atoms in total. The number of rotatable bonds is 1. The Bertz CT molecular complexity index is 598. The van der Waals surface area contributed by atoms with Gasteiger partial charge in [-0.2, -0.15) is 5.10 Å². The number of aromatic nitrogens is 5. The van der Waals surface area contributed by atoms with E-state index in [-0.39, 0.29) is 0 Å². The van der Waals surface area contributed by atoms with Crippen LogP contribution in [0.1, 0.15) is 0 Å². The number of imidazole rings is 1. The smallest absolute Gasteiger partial charge is 0.198 e. The van der Waals surface area contributed by atoms with Crippen molar-refractivity contribution in [2.45, 2.75) is 0 Å². The van der Waals surface area contributed by atoms with Crippen LogP contribution in [0.15, 0.2) is 41.7 Å². The zero-order valence-corrected chi connectivity index (χ0v) is 9.16. The van der Waals surface area contributed by atoms with Crippen LogP contribution in [0.5, 0.6) is 0 Å². The Kier molecular flexibility index (Phi) is 1.81. The lowest BCUT2D eigenvalue weighted by Gasteiger charge is -2.03. The van der Waals surface area contributed by atoms with Gasteiger partial charge in [0.15, 0.2) is 11.5 Å². The van der Waals surface area contributed by atoms with E-state index < -0.39 is 0 Å². The van der Waals surface area contributed by atoms with Crippen molar-refractivity contribution < 1.29 is 0 Å². The standard InChI is InChI=1S/C9H6BrN5/c10-7-6-14-5-3-11-8(14)9(13-7)15-4-1-2-12-15/h1-6H. The van der Waals surface area contributed by atoms with Crippen LogP contribution in [0.2, 0.25) is 0 Å². The molecule has 0 bridgehead atoms. The highest BCUT2D eigenvalue weighted by molar-refractivity contribution is 9.10. The SMILES string of the molecule is Brc1cn2ccnc2c(-n2cccn2)n1. The number of fused-ring (bicyclic) bond motifs is 1. The van der Waals surface area contributed by atoms with Crippen LogP contribution in [0.25, 0.3) is 11.5 Å². The van der Waals surface area contributed by atoms with Gasteiger partial charge in [-0.15, -0.1) is 0 Å². The van der Waals surface area contributed by atoms with Crippen LogP contribution < -0.4 is 0 Å². The van der Waals surface area contributed by atoms with E-state index in [0.29, 0.717) is 5.82 Å². The molecule has 3 rings (SSSR count). The fourth-order valence-corrected chi connectivity index (χ4v) is 1.82. The fraction of sp³-hybridized carbons (Fsp3) is 0. The predicted octanol–water partition coefficient (Wildman–Crippen LogP) is 1.68. The first-order valence-corrected chi connectivity index (χ1v) is 5.13. The van der Waals surface area contributed by atoms with Gasteiger partial charge in [-0.05, 0) is 22.0 Å². The lowest BCUT2D eigenvalue weighted by atomic mass is 10.6. The molecule has 6 heteroatoms. The Morgan fingerprint density at radius 1 is 1.20 bits per heavy atom. The molecule has 3 heterocycles. The first kappa shape index (κ1) is 8.60. The van der Waals surface area contributed by atoms with Crippen LogP contribution in [0, 0.1) is 0 Å². The molecular formula is C9H6BrN5. The quantitative estimate of drug-likeness (QED) is 0.671. The molecule has 0 spiro atoms. The van der Waals surface area contributed by atoms with Crippen molar-refractivity contribution in [1.29, 1.82) is 0 Å². The summed E-state index contributed by atoms with van der Waals surface area (Å²) in [5.41, 5.74) is 0.780. The topological polar surface area (TPSA) is 48.0 Å². The second-order valence-corrected chi connectivity index (χ2v) is 3.81. The van der Waals surface area contributed by atoms with Gasteiger partial charge < -0.3 is 4.40 Å². The Morgan fingerprint density at radius 2 is 2.13 bits per heavy atom. The third-order valence-corrected chi connectivity index (χ3v) is 2.43. The fourth-order valence-electron chi connectivity index (χ4n) is 1.43. The minimum Gasteiger partial charge on any atom is -0.301 e. The molecule has 0 atom stereocenters. The summed E-state index contributed by atoms with van der Waals surface area (Å²) in [7, 11) is 0. The molecule has 3 aromatic rings. The molecule has 0 saturated heterocycles. The van der Waals surface area contributed by atoms with E-state index in [1.807, 2.05) is 29.1 Å². The molecule has 3 aromatic heterocycles. The Labute approximate surface area is 93.5 Å². The zero-order valence-electron chi connectivity index (χ0n) is 7.58. The van der Waals surface area contributed by atoms with Crippen LogP contribution in [0.4, 0.5) is 0 Å². The summed E-state index contributed by atoms with van der Waals surface area (Å²) in [6, 6.07) is 1.85. The second-order valence-electron chi connectivity index (χ2n) is 3.00. The number of hydrogen-bond donors (Lipinski definition) is 0. The molecule has 0 fully saturated rings. The Hall–Kier alpha value is -1.69. The maximum Gasteiger partial charge on any atom is 0.198 e. The highest BCUT2D eigenvalue weighted by Gasteiger charge is 2.07. The van der Waals surface area contributed by atoms with Crippen LogP contribution in [0.3, 0.4) is 0 Å². The van der Waals surface area contributed by atoms with E-state index >= 15 is 0 Å². The van der Waals surface area contributed by atoms with Gasteiger partial charge in [-0.25, -0.2) is 14.6 Å². The molecule has 15 heavy (non-hydrogen) atoms. The van der Waals surface area contributed by atoms with Gasteiger partial charge in [0, 0.05) is 31.0 Å². The van der Waals surface area contributed by atoms with Crippen molar-refractivity contribution in [2.75, 3.05) is 0 Å². The highest BCUT2D eigenvalue weighted by atomic mass is 79.9. The first-order chi connectivity index (χ1) is 7.34. The number of halogens is 1. The maximum absolute atomic E-state index is 4.35. The van der Waals surface area contributed by atoms with Gasteiger partial charge in [0.05, 0.1) is 0 Å². The molecule has 0 radical (unpaired) electrons. The lowest BCUT2D eigenvalue weighted by Crippen LogP contribution is -2.02. The third-order valence-electron chi connectivity index (χ3n) is 2.05. The minimum absolute atomic E-state index is 0.708. The van der Waals surface area contributed by atoms with Gasteiger partial charge in [0.25, 0.3) is 0 Å². The molecule has 0 aromatic carbocycles. The summed E-state index contributed by atoms with van der Waals surface area (Å²) in [4.78, 5) is 8.58. The molecule has 74 valence electrons. The Morgan fingerprint density at radius 3 is 2.93 bits per heavy atom. The van der Waals surface area contributed by atoms with E-state index in [9.17, 15) is 0 Å². The van der Waals surface area contributed by atoms with Crippen molar-refractivity contribution in [3.05, 3.63) is 41.7 Å². The molecule has 0 saturated carbocycles. The normalized spacial score (nSPS) is 11.0. The molecule has 0 amide bonds. The van der Waals surface area contributed by atoms with Gasteiger partial charge in [-0.3, -0.25) is 0 Å². The van der Waals surface area contributed by atoms with Crippen LogP contribution in [-0.4, -0.2) is 24.1 Å². The van der Waals surface area contributed by atoms with E-state index in [1.165, 1.54) is 0 Å². The maximum atomic E-state index is 4.35.